The Balaban J connectivity index is 0.00000243. The summed E-state index contributed by atoms with van der Waals surface area (Å²) >= 11 is 1.72. The molecule has 2 N–H and O–H groups in total. The average Bonchev–Trinajstić information content (AvgIpc) is 3.25. The van der Waals surface area contributed by atoms with Crippen LogP contribution in [0.1, 0.15) is 21.1 Å². The molecule has 2 aromatic heterocycles. The highest BCUT2D eigenvalue weighted by molar-refractivity contribution is 14.0. The molecule has 26 heavy (non-hydrogen) atoms. The van der Waals surface area contributed by atoms with E-state index in [0.717, 1.165) is 28.9 Å². The summed E-state index contributed by atoms with van der Waals surface area (Å²) in [6.07, 6.45) is 3.71. The molecule has 3 rings (SSSR count). The van der Waals surface area contributed by atoms with E-state index in [0.29, 0.717) is 6.54 Å². The highest BCUT2D eigenvalue weighted by atomic mass is 127. The van der Waals surface area contributed by atoms with Crippen LogP contribution in [0.2, 0.25) is 0 Å². The van der Waals surface area contributed by atoms with Crippen molar-refractivity contribution in [2.24, 2.45) is 4.99 Å². The molecule has 0 aliphatic heterocycles. The molecular weight excluding hydrogens is 459 g/mol. The Morgan fingerprint density at radius 1 is 1.15 bits per heavy atom. The molecule has 6 nitrogen and oxygen atoms in total. The predicted octanol–water partition coefficient (Wildman–Crippen LogP) is 3.43. The smallest absolute Gasteiger partial charge is 0.191 e. The summed E-state index contributed by atoms with van der Waals surface area (Å²) in [5.41, 5.74) is 3.32. The number of nitrogens with one attached hydrogen (secondary N) is 2. The Kier molecular flexibility index (Phi) is 7.58. The van der Waals surface area contributed by atoms with Crippen LogP contribution in [0.5, 0.6) is 0 Å². The zero-order valence-corrected chi connectivity index (χ0v) is 18.2. The molecule has 0 saturated heterocycles. The first-order valence-electron chi connectivity index (χ1n) is 8.12. The van der Waals surface area contributed by atoms with Crippen LogP contribution in [0.4, 0.5) is 0 Å². The molecule has 1 aromatic carbocycles. The lowest BCUT2D eigenvalue weighted by Crippen LogP contribution is -2.36. The van der Waals surface area contributed by atoms with Gasteiger partial charge in [-0.25, -0.2) is 9.67 Å². The zero-order valence-electron chi connectivity index (χ0n) is 15.1. The van der Waals surface area contributed by atoms with Crippen LogP contribution in [-0.2, 0) is 13.1 Å². The van der Waals surface area contributed by atoms with Crippen molar-refractivity contribution in [3.8, 4) is 5.69 Å². The van der Waals surface area contributed by atoms with Crippen molar-refractivity contribution in [2.75, 3.05) is 7.05 Å². The van der Waals surface area contributed by atoms with Crippen molar-refractivity contribution < 1.29 is 0 Å². The summed E-state index contributed by atoms with van der Waals surface area (Å²) in [7, 11) is 1.78. The first-order chi connectivity index (χ1) is 12.2. The van der Waals surface area contributed by atoms with Crippen LogP contribution in [0, 0.1) is 13.8 Å². The van der Waals surface area contributed by atoms with Crippen LogP contribution in [0.25, 0.3) is 5.69 Å². The monoisotopic (exact) mass is 482 g/mol. The summed E-state index contributed by atoms with van der Waals surface area (Å²) in [4.78, 5) is 9.97. The maximum atomic E-state index is 4.45. The third-order valence-corrected chi connectivity index (χ3v) is 4.88. The second kappa shape index (κ2) is 9.67. The molecule has 0 fully saturated rings. The highest BCUT2D eigenvalue weighted by Crippen LogP contribution is 2.16. The number of aryl methyl sites for hydroxylation is 2. The Labute approximate surface area is 174 Å². The van der Waals surface area contributed by atoms with Crippen molar-refractivity contribution in [3.63, 3.8) is 0 Å². The van der Waals surface area contributed by atoms with Crippen molar-refractivity contribution in [2.45, 2.75) is 26.9 Å². The van der Waals surface area contributed by atoms with E-state index < -0.39 is 0 Å². The van der Waals surface area contributed by atoms with E-state index in [1.54, 1.807) is 24.6 Å². The first-order valence-corrected chi connectivity index (χ1v) is 8.94. The van der Waals surface area contributed by atoms with Gasteiger partial charge < -0.3 is 10.6 Å². The molecule has 0 aliphatic rings. The topological polar surface area (TPSA) is 67.1 Å². The van der Waals surface area contributed by atoms with Gasteiger partial charge in [-0.15, -0.1) is 35.3 Å². The van der Waals surface area contributed by atoms with Crippen molar-refractivity contribution >= 4 is 41.3 Å². The Morgan fingerprint density at radius 3 is 2.46 bits per heavy atom. The molecule has 0 aliphatic carbocycles. The number of nitrogens with zero attached hydrogens (tertiary/aromatic N) is 4. The third-order valence-electron chi connectivity index (χ3n) is 3.80. The maximum Gasteiger partial charge on any atom is 0.191 e. The first kappa shape index (κ1) is 20.4. The molecule has 8 heteroatoms. The van der Waals surface area contributed by atoms with Crippen LogP contribution in [-0.4, -0.2) is 27.8 Å². The highest BCUT2D eigenvalue weighted by Gasteiger charge is 2.06. The van der Waals surface area contributed by atoms with Crippen LogP contribution in [0.3, 0.4) is 0 Å². The van der Waals surface area contributed by atoms with Gasteiger partial charge in [0, 0.05) is 30.9 Å². The van der Waals surface area contributed by atoms with E-state index in [-0.39, 0.29) is 24.0 Å². The lowest BCUT2D eigenvalue weighted by atomic mass is 10.2. The van der Waals surface area contributed by atoms with Gasteiger partial charge in [-0.3, -0.25) is 4.99 Å². The van der Waals surface area contributed by atoms with Crippen molar-refractivity contribution in [1.29, 1.82) is 0 Å². The van der Waals surface area contributed by atoms with E-state index >= 15 is 0 Å². The van der Waals surface area contributed by atoms with E-state index in [4.69, 9.17) is 0 Å². The SMILES string of the molecule is CN=C(NCc1ccc(-n2cccn2)cc1)NCc1sc(C)nc1C.I. The fraction of sp³-hybridized carbons (Fsp3) is 0.278. The van der Waals surface area contributed by atoms with Crippen LogP contribution >= 0.6 is 35.3 Å². The quantitative estimate of drug-likeness (QED) is 0.332. The maximum absolute atomic E-state index is 4.45. The number of hydrogen-bond acceptors (Lipinski definition) is 4. The van der Waals surface area contributed by atoms with Crippen LogP contribution in [0.15, 0.2) is 47.7 Å². The van der Waals surface area contributed by atoms with Crippen molar-refractivity contribution in [1.82, 2.24) is 25.4 Å². The molecule has 138 valence electrons. The molecule has 0 spiro atoms. The summed E-state index contributed by atoms with van der Waals surface area (Å²) in [5, 5.41) is 12.0. The van der Waals surface area contributed by atoms with Gasteiger partial charge in [-0.1, -0.05) is 12.1 Å². The van der Waals surface area contributed by atoms with E-state index in [2.05, 4.69) is 50.0 Å². The van der Waals surface area contributed by atoms with Gasteiger partial charge in [0.15, 0.2) is 5.96 Å². The molecule has 0 saturated carbocycles. The van der Waals surface area contributed by atoms with Crippen molar-refractivity contribution in [3.05, 3.63) is 63.9 Å². The van der Waals surface area contributed by atoms with Gasteiger partial charge in [0.25, 0.3) is 0 Å². The van der Waals surface area contributed by atoms with E-state index in [1.165, 1.54) is 10.4 Å². The fourth-order valence-corrected chi connectivity index (χ4v) is 3.37. The number of aliphatic imine (C=N–C) groups is 1. The molecule has 0 atom stereocenters. The summed E-state index contributed by atoms with van der Waals surface area (Å²) < 4.78 is 1.84. The minimum atomic E-state index is 0. The van der Waals surface area contributed by atoms with E-state index in [9.17, 15) is 0 Å². The van der Waals surface area contributed by atoms with Gasteiger partial charge in [0.05, 0.1) is 22.9 Å². The number of thiazole rings is 1. The minimum absolute atomic E-state index is 0. The fourth-order valence-electron chi connectivity index (χ4n) is 2.50. The third kappa shape index (κ3) is 5.28. The van der Waals surface area contributed by atoms with Crippen LogP contribution < -0.4 is 10.6 Å². The predicted molar refractivity (Wildman–Crippen MR) is 118 cm³/mol. The standard InChI is InChI=1S/C18H22N6S.HI/c1-13-17(25-14(2)23-13)12-21-18(19-3)20-11-15-5-7-16(8-6-15)24-10-4-9-22-24;/h4-10H,11-12H2,1-3H3,(H2,19,20,21);1H. The number of guanidine groups is 1. The molecule has 0 radical (unpaired) electrons. The second-order valence-electron chi connectivity index (χ2n) is 5.64. The van der Waals surface area contributed by atoms with E-state index in [1.807, 2.05) is 30.8 Å². The molecule has 2 heterocycles. The number of hydrogen-bond donors (Lipinski definition) is 2. The number of benzene rings is 1. The molecule has 0 unspecified atom stereocenters. The molecule has 3 aromatic rings. The number of halogens is 1. The van der Waals surface area contributed by atoms with Gasteiger partial charge in [0.2, 0.25) is 0 Å². The second-order valence-corrected chi connectivity index (χ2v) is 6.93. The molecule has 0 bridgehead atoms. The summed E-state index contributed by atoms with van der Waals surface area (Å²) in [6.45, 7) is 5.51. The molecular formula is C18H23IN6S. The summed E-state index contributed by atoms with van der Waals surface area (Å²) in [6, 6.07) is 10.2. The minimum Gasteiger partial charge on any atom is -0.352 e. The lowest BCUT2D eigenvalue weighted by molar-refractivity contribution is 0.810. The normalized spacial score (nSPS) is 11.1. The largest absolute Gasteiger partial charge is 0.352 e. The lowest BCUT2D eigenvalue weighted by Gasteiger charge is -2.12. The number of rotatable bonds is 5. The number of aromatic nitrogens is 3. The zero-order chi connectivity index (χ0) is 17.6. The Morgan fingerprint density at radius 2 is 1.88 bits per heavy atom. The summed E-state index contributed by atoms with van der Waals surface area (Å²) in [5.74, 6) is 0.779. The Hall–Kier alpha value is -1.94. The van der Waals surface area contributed by atoms with Gasteiger partial charge in [0.1, 0.15) is 0 Å². The Bertz CT molecular complexity index is 839. The molecule has 0 amide bonds. The average molecular weight is 482 g/mol. The van der Waals surface area contributed by atoms with Gasteiger partial charge in [-0.05, 0) is 37.6 Å². The van der Waals surface area contributed by atoms with Gasteiger partial charge in [-0.2, -0.15) is 5.10 Å². The van der Waals surface area contributed by atoms with Gasteiger partial charge >= 0.3 is 0 Å².